The fraction of sp³-hybridized carbons (Fsp3) is 0. The van der Waals surface area contributed by atoms with Crippen molar-refractivity contribution < 1.29 is 9.59 Å². The average molecular weight is 472 g/mol. The Bertz CT molecular complexity index is 1300. The summed E-state index contributed by atoms with van der Waals surface area (Å²) in [5.41, 5.74) is 4.89. The summed E-state index contributed by atoms with van der Waals surface area (Å²) < 4.78 is 0.817. The molecule has 4 aromatic carbocycles. The molecule has 0 atom stereocenters. The number of nitrogens with zero attached hydrogens (tertiary/aromatic N) is 1. The molecule has 0 aliphatic rings. The van der Waals surface area contributed by atoms with E-state index in [9.17, 15) is 9.59 Å². The molecule has 0 bridgehead atoms. The van der Waals surface area contributed by atoms with Crippen LogP contribution in [0.4, 0.5) is 5.69 Å². The van der Waals surface area contributed by atoms with Gasteiger partial charge >= 0.3 is 0 Å². The first kappa shape index (κ1) is 20.5. The lowest BCUT2D eigenvalue weighted by molar-refractivity contribution is 0.0953. The smallest absolute Gasteiger partial charge is 0.271 e. The zero-order valence-electron chi connectivity index (χ0n) is 16.4. The number of amides is 2. The van der Waals surface area contributed by atoms with Gasteiger partial charge in [0.05, 0.1) is 6.21 Å². The van der Waals surface area contributed by atoms with Gasteiger partial charge in [-0.1, -0.05) is 70.5 Å². The Kier molecular flexibility index (Phi) is 6.19. The average Bonchev–Trinajstić information content (AvgIpc) is 2.79. The molecule has 4 rings (SSSR count). The number of benzene rings is 4. The van der Waals surface area contributed by atoms with E-state index in [0.29, 0.717) is 16.8 Å². The number of nitrogens with one attached hydrogen (secondary N) is 2. The fourth-order valence-electron chi connectivity index (χ4n) is 3.16. The molecule has 152 valence electrons. The first-order chi connectivity index (χ1) is 15.1. The van der Waals surface area contributed by atoms with Gasteiger partial charge in [-0.25, -0.2) is 5.43 Å². The predicted molar refractivity (Wildman–Crippen MR) is 128 cm³/mol. The van der Waals surface area contributed by atoms with Gasteiger partial charge in [-0.3, -0.25) is 9.59 Å². The number of hydrogen-bond acceptors (Lipinski definition) is 3. The summed E-state index contributed by atoms with van der Waals surface area (Å²) in [7, 11) is 0. The maximum atomic E-state index is 12.5. The van der Waals surface area contributed by atoms with Crippen LogP contribution in [0, 0.1) is 0 Å². The second-order valence-electron chi connectivity index (χ2n) is 6.81. The van der Waals surface area contributed by atoms with E-state index in [0.717, 1.165) is 20.8 Å². The van der Waals surface area contributed by atoms with Crippen molar-refractivity contribution in [3.05, 3.63) is 112 Å². The van der Waals surface area contributed by atoms with E-state index in [1.54, 1.807) is 48.7 Å². The van der Waals surface area contributed by atoms with E-state index in [1.807, 2.05) is 48.5 Å². The van der Waals surface area contributed by atoms with Crippen LogP contribution in [0.5, 0.6) is 0 Å². The van der Waals surface area contributed by atoms with E-state index in [-0.39, 0.29) is 11.8 Å². The number of rotatable bonds is 5. The molecular weight excluding hydrogens is 454 g/mol. The number of hydrogen-bond donors (Lipinski definition) is 2. The fourth-order valence-corrected chi connectivity index (χ4v) is 3.56. The molecule has 0 aliphatic carbocycles. The summed E-state index contributed by atoms with van der Waals surface area (Å²) in [6, 6.07) is 27.7. The van der Waals surface area contributed by atoms with Gasteiger partial charge in [-0.15, -0.1) is 0 Å². The van der Waals surface area contributed by atoms with Gasteiger partial charge in [0, 0.05) is 26.9 Å². The minimum atomic E-state index is -0.366. The molecule has 0 radical (unpaired) electrons. The van der Waals surface area contributed by atoms with Gasteiger partial charge in [-0.2, -0.15) is 5.10 Å². The molecule has 4 aromatic rings. The molecule has 0 aromatic heterocycles. The van der Waals surface area contributed by atoms with E-state index >= 15 is 0 Å². The summed E-state index contributed by atoms with van der Waals surface area (Å²) in [5.74, 6) is -0.622. The number of halogens is 1. The third-order valence-corrected chi connectivity index (χ3v) is 5.16. The Morgan fingerprint density at radius 2 is 1.48 bits per heavy atom. The minimum absolute atomic E-state index is 0.257. The van der Waals surface area contributed by atoms with Crippen molar-refractivity contribution in [3.63, 3.8) is 0 Å². The highest BCUT2D eigenvalue weighted by atomic mass is 79.9. The molecule has 0 aliphatic heterocycles. The maximum absolute atomic E-state index is 12.5. The Hall–Kier alpha value is -3.77. The molecule has 0 spiro atoms. The number of fused-ring (bicyclic) bond motifs is 1. The molecule has 2 N–H and O–H groups in total. The van der Waals surface area contributed by atoms with Crippen LogP contribution in [0.2, 0.25) is 0 Å². The monoisotopic (exact) mass is 471 g/mol. The second kappa shape index (κ2) is 9.36. The van der Waals surface area contributed by atoms with Crippen LogP contribution >= 0.6 is 15.9 Å². The minimum Gasteiger partial charge on any atom is -0.322 e. The van der Waals surface area contributed by atoms with Crippen molar-refractivity contribution in [3.8, 4) is 0 Å². The van der Waals surface area contributed by atoms with Gasteiger partial charge in [0.2, 0.25) is 0 Å². The number of carbonyl (C=O) groups excluding carboxylic acids is 2. The molecule has 0 fully saturated rings. The van der Waals surface area contributed by atoms with Gasteiger partial charge < -0.3 is 5.32 Å². The van der Waals surface area contributed by atoms with E-state index in [1.165, 1.54) is 0 Å². The topological polar surface area (TPSA) is 70.6 Å². The molecule has 0 unspecified atom stereocenters. The third kappa shape index (κ3) is 5.05. The van der Waals surface area contributed by atoms with Crippen molar-refractivity contribution in [2.45, 2.75) is 0 Å². The Labute approximate surface area is 187 Å². The Morgan fingerprint density at radius 3 is 2.32 bits per heavy atom. The molecular formula is C25H18BrN3O2. The van der Waals surface area contributed by atoms with Gasteiger partial charge in [0.15, 0.2) is 0 Å². The zero-order valence-corrected chi connectivity index (χ0v) is 18.0. The van der Waals surface area contributed by atoms with E-state index < -0.39 is 0 Å². The summed E-state index contributed by atoms with van der Waals surface area (Å²) >= 11 is 3.35. The quantitative estimate of drug-likeness (QED) is 0.293. The highest BCUT2D eigenvalue weighted by Crippen LogP contribution is 2.17. The van der Waals surface area contributed by atoms with Gasteiger partial charge in [-0.05, 0) is 47.2 Å². The van der Waals surface area contributed by atoms with E-state index in [4.69, 9.17) is 0 Å². The van der Waals surface area contributed by atoms with Crippen LogP contribution in [-0.2, 0) is 0 Å². The maximum Gasteiger partial charge on any atom is 0.271 e. The van der Waals surface area contributed by atoms with Crippen LogP contribution in [0.1, 0.15) is 26.3 Å². The Balaban J connectivity index is 1.44. The standard InChI is InChI=1S/C25H18BrN3O2/c26-21-11-4-8-18(14-21)24(30)28-22-12-5-9-19(15-22)25(31)29-27-16-20-10-3-7-17-6-1-2-13-23(17)20/h1-16H,(H,28,30)(H,29,31)/b27-16+. The third-order valence-electron chi connectivity index (χ3n) is 4.66. The number of hydrazone groups is 1. The Morgan fingerprint density at radius 1 is 0.774 bits per heavy atom. The van der Waals surface area contributed by atoms with Crippen molar-refractivity contribution >= 4 is 50.4 Å². The van der Waals surface area contributed by atoms with Crippen LogP contribution in [0.15, 0.2) is 101 Å². The van der Waals surface area contributed by atoms with Crippen molar-refractivity contribution in [2.75, 3.05) is 5.32 Å². The number of carbonyl (C=O) groups is 2. The first-order valence-corrected chi connectivity index (χ1v) is 10.4. The van der Waals surface area contributed by atoms with Crippen LogP contribution < -0.4 is 10.7 Å². The normalized spacial score (nSPS) is 10.9. The lowest BCUT2D eigenvalue weighted by Crippen LogP contribution is -2.18. The SMILES string of the molecule is O=C(N/N=C/c1cccc2ccccc12)c1cccc(NC(=O)c2cccc(Br)c2)c1. The molecule has 5 nitrogen and oxygen atoms in total. The summed E-state index contributed by atoms with van der Waals surface area (Å²) in [6.07, 6.45) is 1.62. The molecule has 6 heteroatoms. The number of anilines is 1. The zero-order chi connectivity index (χ0) is 21.6. The lowest BCUT2D eigenvalue weighted by atomic mass is 10.1. The largest absolute Gasteiger partial charge is 0.322 e. The molecule has 31 heavy (non-hydrogen) atoms. The molecule has 0 saturated heterocycles. The van der Waals surface area contributed by atoms with Crippen molar-refractivity contribution in [1.29, 1.82) is 0 Å². The first-order valence-electron chi connectivity index (χ1n) is 9.58. The molecule has 0 heterocycles. The summed E-state index contributed by atoms with van der Waals surface area (Å²) in [4.78, 5) is 24.9. The summed E-state index contributed by atoms with van der Waals surface area (Å²) in [6.45, 7) is 0. The van der Waals surface area contributed by atoms with Crippen LogP contribution in [-0.4, -0.2) is 18.0 Å². The van der Waals surface area contributed by atoms with E-state index in [2.05, 4.69) is 31.8 Å². The highest BCUT2D eigenvalue weighted by molar-refractivity contribution is 9.10. The molecule has 0 saturated carbocycles. The van der Waals surface area contributed by atoms with Crippen molar-refractivity contribution in [1.82, 2.24) is 5.43 Å². The van der Waals surface area contributed by atoms with Crippen LogP contribution in [0.25, 0.3) is 10.8 Å². The van der Waals surface area contributed by atoms with Gasteiger partial charge in [0.25, 0.3) is 11.8 Å². The van der Waals surface area contributed by atoms with Crippen LogP contribution in [0.3, 0.4) is 0 Å². The lowest BCUT2D eigenvalue weighted by Gasteiger charge is -2.07. The van der Waals surface area contributed by atoms with Gasteiger partial charge in [0.1, 0.15) is 0 Å². The molecule has 2 amide bonds. The van der Waals surface area contributed by atoms with Crippen molar-refractivity contribution in [2.24, 2.45) is 5.10 Å². The highest BCUT2D eigenvalue weighted by Gasteiger charge is 2.09. The predicted octanol–water partition coefficient (Wildman–Crippen LogP) is 5.62. The second-order valence-corrected chi connectivity index (χ2v) is 7.73. The summed E-state index contributed by atoms with van der Waals surface area (Å²) in [5, 5.41) is 9.06.